The quantitative estimate of drug-likeness (QED) is 0.926. The van der Waals surface area contributed by atoms with Crippen LogP contribution in [-0.4, -0.2) is 20.8 Å². The standard InChI is InChI=1S/C18H28N2O/c1-16-7-13-8-17(2,10-16)12-18(9-13,11-16)14(21)6-15-19-4-5-20(15)3/h4-5,13-14,21H,6-12H2,1-3H3. The Labute approximate surface area is 127 Å². The predicted molar refractivity (Wildman–Crippen MR) is 82.8 cm³/mol. The van der Waals surface area contributed by atoms with E-state index in [1.165, 1.54) is 38.5 Å². The summed E-state index contributed by atoms with van der Waals surface area (Å²) in [6, 6.07) is 0. The molecule has 0 radical (unpaired) electrons. The summed E-state index contributed by atoms with van der Waals surface area (Å²) in [7, 11) is 2.03. The summed E-state index contributed by atoms with van der Waals surface area (Å²) in [6.07, 6.45) is 12.1. The summed E-state index contributed by atoms with van der Waals surface area (Å²) < 4.78 is 2.05. The highest BCUT2D eigenvalue weighted by molar-refractivity contribution is 5.13. The van der Waals surface area contributed by atoms with Crippen LogP contribution in [-0.2, 0) is 13.5 Å². The van der Waals surface area contributed by atoms with E-state index in [9.17, 15) is 5.11 Å². The van der Waals surface area contributed by atoms with E-state index in [4.69, 9.17) is 0 Å². The highest BCUT2D eigenvalue weighted by Crippen LogP contribution is 2.70. The maximum atomic E-state index is 11.1. The first-order valence-electron chi connectivity index (χ1n) is 8.46. The molecule has 0 aliphatic heterocycles. The smallest absolute Gasteiger partial charge is 0.110 e. The van der Waals surface area contributed by atoms with Gasteiger partial charge in [-0.25, -0.2) is 4.98 Å². The molecule has 4 aliphatic carbocycles. The van der Waals surface area contributed by atoms with Crippen LogP contribution in [0.3, 0.4) is 0 Å². The van der Waals surface area contributed by atoms with Crippen molar-refractivity contribution in [1.29, 1.82) is 0 Å². The Hall–Kier alpha value is -0.830. The molecule has 4 bridgehead atoms. The third kappa shape index (κ3) is 2.08. The third-order valence-corrected chi connectivity index (χ3v) is 6.67. The Balaban J connectivity index is 1.63. The van der Waals surface area contributed by atoms with Gasteiger partial charge in [-0.2, -0.15) is 0 Å². The average molecular weight is 288 g/mol. The third-order valence-electron chi connectivity index (χ3n) is 6.67. The van der Waals surface area contributed by atoms with Crippen molar-refractivity contribution in [3.63, 3.8) is 0 Å². The van der Waals surface area contributed by atoms with Crippen molar-refractivity contribution in [3.05, 3.63) is 18.2 Å². The fourth-order valence-corrected chi connectivity index (χ4v) is 6.89. The maximum Gasteiger partial charge on any atom is 0.110 e. The molecule has 1 N–H and O–H groups in total. The summed E-state index contributed by atoms with van der Waals surface area (Å²) in [5.74, 6) is 1.86. The van der Waals surface area contributed by atoms with Crippen molar-refractivity contribution in [2.24, 2.45) is 29.2 Å². The predicted octanol–water partition coefficient (Wildman–Crippen LogP) is 3.32. The van der Waals surface area contributed by atoms with Crippen LogP contribution >= 0.6 is 0 Å². The van der Waals surface area contributed by atoms with Gasteiger partial charge in [-0.15, -0.1) is 0 Å². The maximum absolute atomic E-state index is 11.1. The van der Waals surface area contributed by atoms with E-state index in [2.05, 4.69) is 18.8 Å². The molecular formula is C18H28N2O. The minimum Gasteiger partial charge on any atom is -0.392 e. The molecule has 116 valence electrons. The lowest BCUT2D eigenvalue weighted by atomic mass is 9.39. The van der Waals surface area contributed by atoms with Crippen molar-refractivity contribution in [3.8, 4) is 0 Å². The SMILES string of the molecule is Cn1ccnc1CC(O)C12CC3CC(C)(CC(C)(C3)C1)C2. The first kappa shape index (κ1) is 13.8. The summed E-state index contributed by atoms with van der Waals surface area (Å²) in [5.41, 5.74) is 1.09. The Morgan fingerprint density at radius 2 is 1.90 bits per heavy atom. The second-order valence-corrected chi connectivity index (χ2v) is 9.17. The minimum absolute atomic E-state index is 0.148. The minimum atomic E-state index is -0.236. The number of nitrogens with zero attached hydrogens (tertiary/aromatic N) is 2. The largest absolute Gasteiger partial charge is 0.392 e. The lowest BCUT2D eigenvalue weighted by Gasteiger charge is -2.66. The zero-order valence-electron chi connectivity index (χ0n) is 13.6. The van der Waals surface area contributed by atoms with Crippen molar-refractivity contribution in [1.82, 2.24) is 9.55 Å². The van der Waals surface area contributed by atoms with Crippen LogP contribution in [0.15, 0.2) is 12.4 Å². The number of hydrogen-bond acceptors (Lipinski definition) is 2. The second-order valence-electron chi connectivity index (χ2n) is 9.17. The molecule has 3 heteroatoms. The zero-order chi connectivity index (χ0) is 14.9. The lowest BCUT2D eigenvalue weighted by Crippen LogP contribution is -2.59. The van der Waals surface area contributed by atoms with Crippen LogP contribution in [0.5, 0.6) is 0 Å². The fourth-order valence-electron chi connectivity index (χ4n) is 6.89. The van der Waals surface area contributed by atoms with E-state index in [0.717, 1.165) is 11.7 Å². The van der Waals surface area contributed by atoms with Gasteiger partial charge >= 0.3 is 0 Å². The Kier molecular flexibility index (Phi) is 2.71. The van der Waals surface area contributed by atoms with Gasteiger partial charge in [-0.3, -0.25) is 0 Å². The molecular weight excluding hydrogens is 260 g/mol. The van der Waals surface area contributed by atoms with Crippen molar-refractivity contribution in [2.75, 3.05) is 0 Å². The molecule has 4 saturated carbocycles. The van der Waals surface area contributed by atoms with Gasteiger partial charge in [-0.1, -0.05) is 13.8 Å². The van der Waals surface area contributed by atoms with Crippen LogP contribution in [0, 0.1) is 22.2 Å². The number of aromatic nitrogens is 2. The van der Waals surface area contributed by atoms with E-state index in [-0.39, 0.29) is 11.5 Å². The van der Waals surface area contributed by atoms with Gasteiger partial charge in [-0.05, 0) is 60.7 Å². The van der Waals surface area contributed by atoms with E-state index in [1.807, 2.05) is 24.0 Å². The summed E-state index contributed by atoms with van der Waals surface area (Å²) in [6.45, 7) is 4.94. The van der Waals surface area contributed by atoms with E-state index < -0.39 is 0 Å². The molecule has 0 amide bonds. The van der Waals surface area contributed by atoms with Crippen molar-refractivity contribution < 1.29 is 5.11 Å². The molecule has 0 aromatic carbocycles. The van der Waals surface area contributed by atoms with Crippen LogP contribution < -0.4 is 0 Å². The molecule has 3 atom stereocenters. The van der Waals surface area contributed by atoms with Crippen molar-refractivity contribution in [2.45, 2.75) is 64.9 Å². The Morgan fingerprint density at radius 3 is 2.43 bits per heavy atom. The molecule has 3 unspecified atom stereocenters. The molecule has 21 heavy (non-hydrogen) atoms. The fraction of sp³-hybridized carbons (Fsp3) is 0.833. The summed E-state index contributed by atoms with van der Waals surface area (Å²) in [5, 5.41) is 11.1. The first-order chi connectivity index (χ1) is 9.82. The lowest BCUT2D eigenvalue weighted by molar-refractivity contribution is -0.185. The molecule has 0 saturated heterocycles. The van der Waals surface area contributed by atoms with Crippen LogP contribution in [0.2, 0.25) is 0 Å². The molecule has 1 aromatic rings. The number of aryl methyl sites for hydroxylation is 1. The highest BCUT2D eigenvalue weighted by Gasteiger charge is 2.62. The number of hydrogen-bond donors (Lipinski definition) is 1. The number of imidazole rings is 1. The molecule has 3 nitrogen and oxygen atoms in total. The van der Waals surface area contributed by atoms with E-state index in [1.54, 1.807) is 0 Å². The van der Waals surface area contributed by atoms with Gasteiger partial charge in [0.15, 0.2) is 0 Å². The molecule has 5 rings (SSSR count). The zero-order valence-corrected chi connectivity index (χ0v) is 13.6. The molecule has 1 heterocycles. The van der Waals surface area contributed by atoms with Gasteiger partial charge in [0.25, 0.3) is 0 Å². The molecule has 4 fully saturated rings. The number of aliphatic hydroxyl groups excluding tert-OH is 1. The molecule has 0 spiro atoms. The summed E-state index contributed by atoms with van der Waals surface area (Å²) >= 11 is 0. The Morgan fingerprint density at radius 1 is 1.24 bits per heavy atom. The number of rotatable bonds is 3. The first-order valence-corrected chi connectivity index (χ1v) is 8.46. The normalized spacial score (nSPS) is 46.0. The molecule has 4 aliphatic rings. The van der Waals surface area contributed by atoms with E-state index >= 15 is 0 Å². The van der Waals surface area contributed by atoms with E-state index in [0.29, 0.717) is 17.3 Å². The van der Waals surface area contributed by atoms with Gasteiger partial charge in [0.1, 0.15) is 5.82 Å². The second kappa shape index (κ2) is 4.13. The van der Waals surface area contributed by atoms with Crippen LogP contribution in [0.1, 0.15) is 58.2 Å². The number of aliphatic hydroxyl groups is 1. The average Bonchev–Trinajstić information content (AvgIpc) is 2.70. The summed E-state index contributed by atoms with van der Waals surface area (Å²) in [4.78, 5) is 4.42. The van der Waals surface area contributed by atoms with Crippen LogP contribution in [0.4, 0.5) is 0 Å². The van der Waals surface area contributed by atoms with Gasteiger partial charge in [0.05, 0.1) is 6.10 Å². The van der Waals surface area contributed by atoms with Gasteiger partial charge in [0.2, 0.25) is 0 Å². The highest BCUT2D eigenvalue weighted by atomic mass is 16.3. The van der Waals surface area contributed by atoms with Crippen LogP contribution in [0.25, 0.3) is 0 Å². The van der Waals surface area contributed by atoms with Crippen molar-refractivity contribution >= 4 is 0 Å². The topological polar surface area (TPSA) is 38.0 Å². The Bertz CT molecular complexity index is 545. The van der Waals surface area contributed by atoms with Gasteiger partial charge in [0, 0.05) is 25.9 Å². The van der Waals surface area contributed by atoms with Gasteiger partial charge < -0.3 is 9.67 Å². The monoisotopic (exact) mass is 288 g/mol. The molecule has 1 aromatic heterocycles.